The van der Waals surface area contributed by atoms with E-state index in [0.29, 0.717) is 0 Å². The molecule has 0 aliphatic carbocycles. The molecule has 1 aliphatic rings. The van der Waals surface area contributed by atoms with Crippen LogP contribution in [0.4, 0.5) is 11.4 Å². The van der Waals surface area contributed by atoms with Gasteiger partial charge in [-0.15, -0.1) is 11.3 Å². The van der Waals surface area contributed by atoms with Crippen molar-refractivity contribution in [3.05, 3.63) is 65.7 Å². The van der Waals surface area contributed by atoms with E-state index in [0.717, 1.165) is 40.7 Å². The number of benzene rings is 2. The number of rotatable bonds is 5. The van der Waals surface area contributed by atoms with E-state index in [1.54, 1.807) is 11.3 Å². The molecule has 1 fully saturated rings. The fourth-order valence-corrected chi connectivity index (χ4v) is 4.45. The van der Waals surface area contributed by atoms with Crippen molar-refractivity contribution < 1.29 is 4.79 Å². The number of hydrogen-bond acceptors (Lipinski definition) is 4. The molecule has 0 unspecified atom stereocenters. The van der Waals surface area contributed by atoms with E-state index in [1.807, 2.05) is 53.9 Å². The summed E-state index contributed by atoms with van der Waals surface area (Å²) in [7, 11) is 0. The molecule has 1 saturated heterocycles. The van der Waals surface area contributed by atoms with Crippen LogP contribution < -0.4 is 10.2 Å². The van der Waals surface area contributed by atoms with E-state index in [9.17, 15) is 4.79 Å². The first-order valence-electron chi connectivity index (χ1n) is 9.93. The van der Waals surface area contributed by atoms with Gasteiger partial charge < -0.3 is 10.2 Å². The summed E-state index contributed by atoms with van der Waals surface area (Å²) in [6.07, 6.45) is 5.29. The van der Waals surface area contributed by atoms with Gasteiger partial charge in [-0.2, -0.15) is 0 Å². The zero-order chi connectivity index (χ0) is 19.2. The molecule has 28 heavy (non-hydrogen) atoms. The van der Waals surface area contributed by atoms with Crippen LogP contribution in [0.5, 0.6) is 0 Å². The Hall–Kier alpha value is -2.66. The molecule has 4 nitrogen and oxygen atoms in total. The summed E-state index contributed by atoms with van der Waals surface area (Å²) in [5, 5.41) is 6.04. The van der Waals surface area contributed by atoms with Crippen molar-refractivity contribution in [2.24, 2.45) is 0 Å². The lowest BCUT2D eigenvalue weighted by Gasteiger charge is -2.25. The van der Waals surface area contributed by atoms with E-state index >= 15 is 0 Å². The van der Waals surface area contributed by atoms with E-state index in [1.165, 1.54) is 25.7 Å². The molecule has 0 atom stereocenters. The molecule has 1 N–H and O–H groups in total. The molecular weight excluding hydrogens is 366 g/mol. The minimum atomic E-state index is -0.0211. The smallest absolute Gasteiger partial charge is 0.230 e. The Kier molecular flexibility index (Phi) is 6.02. The fraction of sp³-hybridized carbons (Fsp3) is 0.304. The van der Waals surface area contributed by atoms with Crippen LogP contribution in [0, 0.1) is 0 Å². The lowest BCUT2D eigenvalue weighted by molar-refractivity contribution is -0.115. The average molecular weight is 392 g/mol. The second-order valence-electron chi connectivity index (χ2n) is 7.15. The Balaban J connectivity index is 1.44. The number of aromatic nitrogens is 1. The molecule has 1 aromatic heterocycles. The number of amides is 1. The predicted molar refractivity (Wildman–Crippen MR) is 117 cm³/mol. The van der Waals surface area contributed by atoms with Crippen LogP contribution in [0.15, 0.2) is 60.0 Å². The third kappa shape index (κ3) is 4.60. The van der Waals surface area contributed by atoms with E-state index in [2.05, 4.69) is 21.3 Å². The molecule has 5 heteroatoms. The van der Waals surface area contributed by atoms with Gasteiger partial charge in [0.05, 0.1) is 23.5 Å². The van der Waals surface area contributed by atoms with Crippen LogP contribution in [0.1, 0.15) is 31.4 Å². The van der Waals surface area contributed by atoms with E-state index in [-0.39, 0.29) is 12.3 Å². The molecular formula is C23H25N3OS. The number of nitrogens with zero attached hydrogens (tertiary/aromatic N) is 2. The number of carbonyl (C=O) groups is 1. The molecule has 1 aliphatic heterocycles. The molecule has 0 spiro atoms. The molecule has 2 heterocycles. The summed E-state index contributed by atoms with van der Waals surface area (Å²) in [5.74, 6) is -0.0211. The summed E-state index contributed by atoms with van der Waals surface area (Å²) >= 11 is 1.58. The molecule has 1 amide bonds. The van der Waals surface area contributed by atoms with Gasteiger partial charge >= 0.3 is 0 Å². The minimum Gasteiger partial charge on any atom is -0.370 e. The van der Waals surface area contributed by atoms with Gasteiger partial charge in [0.2, 0.25) is 5.91 Å². The maximum Gasteiger partial charge on any atom is 0.230 e. The van der Waals surface area contributed by atoms with Crippen LogP contribution in [-0.2, 0) is 11.2 Å². The Labute approximate surface area is 170 Å². The summed E-state index contributed by atoms with van der Waals surface area (Å²) in [5.41, 5.74) is 3.92. The number of carbonyl (C=O) groups excluding carboxylic acids is 1. The average Bonchev–Trinajstić information content (AvgIpc) is 3.01. The van der Waals surface area contributed by atoms with Gasteiger partial charge in [0, 0.05) is 24.0 Å². The third-order valence-electron chi connectivity index (χ3n) is 5.04. The molecule has 0 bridgehead atoms. The summed E-state index contributed by atoms with van der Waals surface area (Å²) < 4.78 is 0. The zero-order valence-corrected chi connectivity index (χ0v) is 16.8. The maximum absolute atomic E-state index is 12.7. The van der Waals surface area contributed by atoms with Crippen molar-refractivity contribution in [1.29, 1.82) is 0 Å². The lowest BCUT2D eigenvalue weighted by Crippen LogP contribution is -2.26. The Morgan fingerprint density at radius 2 is 1.68 bits per heavy atom. The predicted octanol–water partition coefficient (Wildman–Crippen LogP) is 5.37. The quantitative estimate of drug-likeness (QED) is 0.636. The molecule has 0 saturated carbocycles. The van der Waals surface area contributed by atoms with Crippen molar-refractivity contribution in [3.63, 3.8) is 0 Å². The highest BCUT2D eigenvalue weighted by molar-refractivity contribution is 7.13. The number of anilines is 2. The number of hydrogen-bond donors (Lipinski definition) is 1. The molecule has 144 valence electrons. The Morgan fingerprint density at radius 1 is 0.964 bits per heavy atom. The van der Waals surface area contributed by atoms with Crippen molar-refractivity contribution in [3.8, 4) is 10.6 Å². The SMILES string of the molecule is O=C(Cc1csc(-c2ccccc2)n1)Nc1ccccc1N1CCCCCC1. The second-order valence-corrected chi connectivity index (χ2v) is 8.01. The molecule has 3 aromatic rings. The first-order valence-corrected chi connectivity index (χ1v) is 10.8. The highest BCUT2D eigenvalue weighted by atomic mass is 32.1. The number of para-hydroxylation sites is 2. The van der Waals surface area contributed by atoms with Crippen molar-refractivity contribution in [1.82, 2.24) is 4.98 Å². The molecule has 4 rings (SSSR count). The number of nitrogens with one attached hydrogen (secondary N) is 1. The third-order valence-corrected chi connectivity index (χ3v) is 5.98. The molecule has 2 aromatic carbocycles. The van der Waals surface area contributed by atoms with Gasteiger partial charge in [0.1, 0.15) is 5.01 Å². The maximum atomic E-state index is 12.7. The fourth-order valence-electron chi connectivity index (χ4n) is 3.63. The largest absolute Gasteiger partial charge is 0.370 e. The van der Waals surface area contributed by atoms with Gasteiger partial charge in [-0.1, -0.05) is 55.3 Å². The standard InChI is InChI=1S/C23H25N3OS/c27-22(16-19-17-28-23(24-19)18-10-4-3-5-11-18)25-20-12-6-7-13-21(20)26-14-8-1-2-9-15-26/h3-7,10-13,17H,1-2,8-9,14-16H2,(H,25,27). The number of thiazole rings is 1. The Morgan fingerprint density at radius 3 is 2.46 bits per heavy atom. The van der Waals surface area contributed by atoms with Crippen LogP contribution in [0.3, 0.4) is 0 Å². The summed E-state index contributed by atoms with van der Waals surface area (Å²) in [6.45, 7) is 2.11. The summed E-state index contributed by atoms with van der Waals surface area (Å²) in [6, 6.07) is 18.2. The lowest BCUT2D eigenvalue weighted by atomic mass is 10.2. The molecule has 0 radical (unpaired) electrons. The van der Waals surface area contributed by atoms with Crippen molar-refractivity contribution in [2.45, 2.75) is 32.1 Å². The highest BCUT2D eigenvalue weighted by Gasteiger charge is 2.15. The van der Waals surface area contributed by atoms with Gasteiger partial charge in [-0.3, -0.25) is 4.79 Å². The van der Waals surface area contributed by atoms with Crippen molar-refractivity contribution in [2.75, 3.05) is 23.3 Å². The summed E-state index contributed by atoms with van der Waals surface area (Å²) in [4.78, 5) is 19.7. The van der Waals surface area contributed by atoms with E-state index in [4.69, 9.17) is 0 Å². The monoisotopic (exact) mass is 391 g/mol. The topological polar surface area (TPSA) is 45.2 Å². The van der Waals surface area contributed by atoms with Gasteiger partial charge in [-0.25, -0.2) is 4.98 Å². The first-order chi connectivity index (χ1) is 13.8. The Bertz CT molecular complexity index is 914. The van der Waals surface area contributed by atoms with Crippen LogP contribution in [0.2, 0.25) is 0 Å². The van der Waals surface area contributed by atoms with E-state index < -0.39 is 0 Å². The minimum absolute atomic E-state index is 0.0211. The second kappa shape index (κ2) is 9.02. The van der Waals surface area contributed by atoms with Crippen LogP contribution in [-0.4, -0.2) is 24.0 Å². The van der Waals surface area contributed by atoms with Crippen LogP contribution in [0.25, 0.3) is 10.6 Å². The zero-order valence-electron chi connectivity index (χ0n) is 15.9. The van der Waals surface area contributed by atoms with Gasteiger partial charge in [-0.05, 0) is 25.0 Å². The van der Waals surface area contributed by atoms with Crippen molar-refractivity contribution >= 4 is 28.6 Å². The van der Waals surface area contributed by atoms with Crippen LogP contribution >= 0.6 is 11.3 Å². The normalized spacial score (nSPS) is 14.5. The first kappa shape index (κ1) is 18.7. The highest BCUT2D eigenvalue weighted by Crippen LogP contribution is 2.28. The van der Waals surface area contributed by atoms with Gasteiger partial charge in [0.15, 0.2) is 0 Å². The van der Waals surface area contributed by atoms with Gasteiger partial charge in [0.25, 0.3) is 0 Å².